The van der Waals surface area contributed by atoms with E-state index in [1.54, 1.807) is 14.2 Å². The van der Waals surface area contributed by atoms with Crippen LogP contribution in [0.3, 0.4) is 0 Å². The van der Waals surface area contributed by atoms with Crippen molar-refractivity contribution in [2.24, 2.45) is 0 Å². The van der Waals surface area contributed by atoms with Crippen molar-refractivity contribution in [1.29, 1.82) is 0 Å². The topological polar surface area (TPSA) is 36.9 Å². The highest BCUT2D eigenvalue weighted by atomic mass is 16.6. The fourth-order valence-corrected chi connectivity index (χ4v) is 2.31. The maximum atomic E-state index is 5.85. The summed E-state index contributed by atoms with van der Waals surface area (Å²) in [6, 6.07) is 0. The molecule has 1 aliphatic rings. The molecule has 1 heterocycles. The van der Waals surface area contributed by atoms with Crippen LogP contribution in [0.2, 0.25) is 0 Å². The van der Waals surface area contributed by atoms with Crippen LogP contribution in [0.25, 0.3) is 0 Å². The van der Waals surface area contributed by atoms with E-state index in [9.17, 15) is 0 Å². The second kappa shape index (κ2) is 6.55. The molecule has 0 aromatic rings. The van der Waals surface area contributed by atoms with Gasteiger partial charge in [-0.2, -0.15) is 0 Å². The summed E-state index contributed by atoms with van der Waals surface area (Å²) in [6.45, 7) is 6.84. The van der Waals surface area contributed by atoms with Crippen LogP contribution in [-0.4, -0.2) is 51.3 Å². The molecule has 16 heavy (non-hydrogen) atoms. The molecule has 0 aromatic heterocycles. The van der Waals surface area contributed by atoms with E-state index in [2.05, 4.69) is 6.92 Å². The van der Waals surface area contributed by atoms with Gasteiger partial charge in [-0.15, -0.1) is 0 Å². The Morgan fingerprint density at radius 1 is 0.938 bits per heavy atom. The highest BCUT2D eigenvalue weighted by Gasteiger charge is 2.43. The smallest absolute Gasteiger partial charge is 0.115 e. The summed E-state index contributed by atoms with van der Waals surface area (Å²) in [4.78, 5) is 0. The van der Waals surface area contributed by atoms with E-state index in [1.807, 2.05) is 13.8 Å². The van der Waals surface area contributed by atoms with Gasteiger partial charge in [0.1, 0.15) is 18.3 Å². The van der Waals surface area contributed by atoms with Crippen molar-refractivity contribution in [3.05, 3.63) is 0 Å². The monoisotopic (exact) mass is 232 g/mol. The van der Waals surface area contributed by atoms with Gasteiger partial charge in [0.2, 0.25) is 0 Å². The maximum absolute atomic E-state index is 5.85. The summed E-state index contributed by atoms with van der Waals surface area (Å²) in [5.74, 6) is 0. The Kier molecular flexibility index (Phi) is 5.69. The van der Waals surface area contributed by atoms with Crippen molar-refractivity contribution in [2.45, 2.75) is 57.7 Å². The van der Waals surface area contributed by atoms with Crippen LogP contribution in [0.5, 0.6) is 0 Å². The summed E-state index contributed by atoms with van der Waals surface area (Å²) in [5, 5.41) is 0. The Morgan fingerprint density at radius 3 is 1.81 bits per heavy atom. The van der Waals surface area contributed by atoms with Gasteiger partial charge in [0.25, 0.3) is 0 Å². The Balaban J connectivity index is 2.72. The highest BCUT2D eigenvalue weighted by Crippen LogP contribution is 2.26. The quantitative estimate of drug-likeness (QED) is 0.722. The van der Waals surface area contributed by atoms with E-state index in [1.165, 1.54) is 0 Å². The molecule has 0 saturated carbocycles. The number of rotatable bonds is 5. The minimum Gasteiger partial charge on any atom is -0.376 e. The van der Waals surface area contributed by atoms with Gasteiger partial charge in [0.05, 0.1) is 12.2 Å². The molecular weight excluding hydrogens is 208 g/mol. The van der Waals surface area contributed by atoms with E-state index in [0.29, 0.717) is 0 Å². The fraction of sp³-hybridized carbons (Fsp3) is 1.00. The molecule has 1 unspecified atom stereocenters. The van der Waals surface area contributed by atoms with E-state index >= 15 is 0 Å². The summed E-state index contributed by atoms with van der Waals surface area (Å²) in [5.41, 5.74) is 0. The van der Waals surface area contributed by atoms with Crippen molar-refractivity contribution in [3.8, 4) is 0 Å². The fourth-order valence-electron chi connectivity index (χ4n) is 2.31. The number of ether oxygens (including phenoxy) is 4. The van der Waals surface area contributed by atoms with Gasteiger partial charge in [0, 0.05) is 20.8 Å². The Hall–Kier alpha value is -0.160. The molecule has 1 saturated heterocycles. The van der Waals surface area contributed by atoms with Crippen molar-refractivity contribution in [3.63, 3.8) is 0 Å². The zero-order valence-electron chi connectivity index (χ0n) is 10.9. The first-order chi connectivity index (χ1) is 7.65. The Morgan fingerprint density at radius 2 is 1.44 bits per heavy atom. The number of hydrogen-bond acceptors (Lipinski definition) is 4. The van der Waals surface area contributed by atoms with Crippen LogP contribution >= 0.6 is 0 Å². The molecular formula is C12H24O4. The lowest BCUT2D eigenvalue weighted by atomic mass is 9.96. The van der Waals surface area contributed by atoms with Gasteiger partial charge in [-0.25, -0.2) is 0 Å². The van der Waals surface area contributed by atoms with Crippen LogP contribution in [-0.2, 0) is 18.9 Å². The van der Waals surface area contributed by atoms with Crippen LogP contribution in [0, 0.1) is 0 Å². The Labute approximate surface area is 98.2 Å². The molecule has 0 aromatic carbocycles. The van der Waals surface area contributed by atoms with Crippen molar-refractivity contribution in [1.82, 2.24) is 0 Å². The standard InChI is InChI=1S/C12H24O4/c1-6-7-15-12-10(13-4)8(2)16-9(3)11(12)14-5/h8-12H,6-7H2,1-5H3/t8-,9+,10-,11-,12?/m0/s1. The average Bonchev–Trinajstić information content (AvgIpc) is 2.26. The minimum atomic E-state index is -0.0623. The highest BCUT2D eigenvalue weighted by molar-refractivity contribution is 4.92. The first kappa shape index (κ1) is 13.9. The van der Waals surface area contributed by atoms with E-state index < -0.39 is 0 Å². The second-order valence-corrected chi connectivity index (χ2v) is 4.28. The van der Waals surface area contributed by atoms with Crippen molar-refractivity contribution < 1.29 is 18.9 Å². The molecule has 1 aliphatic heterocycles. The normalized spacial score (nSPS) is 39.9. The van der Waals surface area contributed by atoms with Gasteiger partial charge in [0.15, 0.2) is 0 Å². The van der Waals surface area contributed by atoms with Crippen LogP contribution in [0.4, 0.5) is 0 Å². The van der Waals surface area contributed by atoms with Crippen molar-refractivity contribution >= 4 is 0 Å². The molecule has 0 aliphatic carbocycles. The van der Waals surface area contributed by atoms with Gasteiger partial charge in [-0.3, -0.25) is 0 Å². The molecule has 96 valence electrons. The SMILES string of the molecule is CCCOC1[C@@H](OC)[C@H](C)O[C@H](C)[C@@H]1OC. The molecule has 1 rings (SSSR count). The molecule has 1 fully saturated rings. The number of methoxy groups -OCH3 is 2. The van der Waals surface area contributed by atoms with Gasteiger partial charge < -0.3 is 18.9 Å². The van der Waals surface area contributed by atoms with Crippen LogP contribution < -0.4 is 0 Å². The summed E-state index contributed by atoms with van der Waals surface area (Å²) >= 11 is 0. The zero-order valence-corrected chi connectivity index (χ0v) is 10.9. The summed E-state index contributed by atoms with van der Waals surface area (Å²) in [7, 11) is 3.38. The second-order valence-electron chi connectivity index (χ2n) is 4.28. The predicted octanol–water partition coefficient (Wildman–Crippen LogP) is 1.62. The third-order valence-electron chi connectivity index (χ3n) is 3.06. The van der Waals surface area contributed by atoms with Crippen LogP contribution in [0.15, 0.2) is 0 Å². The zero-order chi connectivity index (χ0) is 12.1. The Bertz CT molecular complexity index is 181. The minimum absolute atomic E-state index is 0.0354. The summed E-state index contributed by atoms with van der Waals surface area (Å²) in [6.07, 6.45) is 0.892. The van der Waals surface area contributed by atoms with E-state index in [0.717, 1.165) is 13.0 Å². The lowest BCUT2D eigenvalue weighted by Gasteiger charge is -2.43. The van der Waals surface area contributed by atoms with Gasteiger partial charge in [-0.05, 0) is 20.3 Å². The molecule has 0 bridgehead atoms. The van der Waals surface area contributed by atoms with E-state index in [4.69, 9.17) is 18.9 Å². The number of hydrogen-bond donors (Lipinski definition) is 0. The lowest BCUT2D eigenvalue weighted by molar-refractivity contribution is -0.239. The van der Waals surface area contributed by atoms with E-state index in [-0.39, 0.29) is 30.5 Å². The van der Waals surface area contributed by atoms with Crippen molar-refractivity contribution in [2.75, 3.05) is 20.8 Å². The van der Waals surface area contributed by atoms with Gasteiger partial charge in [-0.1, -0.05) is 6.92 Å². The van der Waals surface area contributed by atoms with Gasteiger partial charge >= 0.3 is 0 Å². The summed E-state index contributed by atoms with van der Waals surface area (Å²) < 4.78 is 22.6. The largest absolute Gasteiger partial charge is 0.376 e. The first-order valence-corrected chi connectivity index (χ1v) is 5.98. The third-order valence-corrected chi connectivity index (χ3v) is 3.06. The molecule has 5 atom stereocenters. The molecule has 0 spiro atoms. The predicted molar refractivity (Wildman–Crippen MR) is 61.6 cm³/mol. The maximum Gasteiger partial charge on any atom is 0.115 e. The first-order valence-electron chi connectivity index (χ1n) is 5.98. The average molecular weight is 232 g/mol. The third kappa shape index (κ3) is 2.94. The lowest BCUT2D eigenvalue weighted by Crippen LogP contribution is -2.58. The molecule has 0 radical (unpaired) electrons. The van der Waals surface area contributed by atoms with Crippen LogP contribution in [0.1, 0.15) is 27.2 Å². The molecule has 0 N–H and O–H groups in total. The molecule has 0 amide bonds. The molecule has 4 nitrogen and oxygen atoms in total. The molecule has 4 heteroatoms.